The van der Waals surface area contributed by atoms with Crippen molar-refractivity contribution in [2.45, 2.75) is 76.0 Å². The predicted molar refractivity (Wildman–Crippen MR) is 111 cm³/mol. The number of carbonyl (C=O) groups is 2. The van der Waals surface area contributed by atoms with E-state index in [1.807, 2.05) is 0 Å². The summed E-state index contributed by atoms with van der Waals surface area (Å²) >= 11 is 0. The predicted octanol–water partition coefficient (Wildman–Crippen LogP) is -1.44. The number of hydrogen-bond acceptors (Lipinski definition) is 9. The molecule has 0 aromatic rings. The van der Waals surface area contributed by atoms with Crippen LogP contribution in [-0.2, 0) is 9.59 Å². The van der Waals surface area contributed by atoms with Gasteiger partial charge >= 0.3 is 11.9 Å². The first-order valence-electron chi connectivity index (χ1n) is 9.91. The number of aliphatic carboxylic acids is 2. The summed E-state index contributed by atoms with van der Waals surface area (Å²) < 4.78 is 0. The van der Waals surface area contributed by atoms with E-state index in [9.17, 15) is 9.59 Å². The molecule has 0 rings (SSSR count). The number of aliphatic hydroxyl groups excluding tert-OH is 3. The van der Waals surface area contributed by atoms with E-state index in [4.69, 9.17) is 48.5 Å². The first kappa shape index (κ1) is 32.3. The molecule has 0 fully saturated rings. The van der Waals surface area contributed by atoms with Crippen molar-refractivity contribution in [3.63, 3.8) is 0 Å². The Morgan fingerprint density at radius 3 is 1.28 bits per heavy atom. The number of aliphatic hydroxyl groups is 3. The minimum atomic E-state index is -1.79. The van der Waals surface area contributed by atoms with Gasteiger partial charge in [-0.05, 0) is 64.5 Å². The molecule has 0 aliphatic heterocycles. The Bertz CT molecular complexity index is 342. The van der Waals surface area contributed by atoms with Gasteiger partial charge < -0.3 is 48.5 Å². The molecular formula is C18H42N4O7. The van der Waals surface area contributed by atoms with Gasteiger partial charge in [0, 0.05) is 25.3 Å². The molecule has 0 saturated carbocycles. The van der Waals surface area contributed by atoms with E-state index >= 15 is 0 Å². The highest BCUT2D eigenvalue weighted by Crippen LogP contribution is 2.00. The SMILES string of the molecule is NCCCC(N)CCCO.NCCCC(N)CCCO.O=C(O)CC(O)C(=O)O. The van der Waals surface area contributed by atoms with Gasteiger partial charge in [-0.25, -0.2) is 4.79 Å². The van der Waals surface area contributed by atoms with Crippen molar-refractivity contribution < 1.29 is 35.1 Å². The molecule has 0 heterocycles. The zero-order valence-electron chi connectivity index (χ0n) is 17.3. The molecule has 11 heteroatoms. The van der Waals surface area contributed by atoms with E-state index in [0.29, 0.717) is 13.1 Å². The van der Waals surface area contributed by atoms with Crippen LogP contribution < -0.4 is 22.9 Å². The lowest BCUT2D eigenvalue weighted by Gasteiger charge is -2.08. The van der Waals surface area contributed by atoms with E-state index in [0.717, 1.165) is 51.4 Å². The molecule has 0 spiro atoms. The van der Waals surface area contributed by atoms with Crippen LogP contribution in [0.2, 0.25) is 0 Å². The average Bonchev–Trinajstić information content (AvgIpc) is 2.67. The van der Waals surface area contributed by atoms with E-state index in [-0.39, 0.29) is 25.3 Å². The van der Waals surface area contributed by atoms with Crippen LogP contribution in [0, 0.1) is 0 Å². The number of carboxylic acids is 2. The lowest BCUT2D eigenvalue weighted by Crippen LogP contribution is -2.22. The maximum absolute atomic E-state index is 9.72. The summed E-state index contributed by atoms with van der Waals surface area (Å²) in [6, 6.07) is 0.464. The molecule has 0 saturated heterocycles. The summed E-state index contributed by atoms with van der Waals surface area (Å²) in [5.41, 5.74) is 22.0. The van der Waals surface area contributed by atoms with Gasteiger partial charge in [0.05, 0.1) is 6.42 Å². The average molecular weight is 427 g/mol. The Morgan fingerprint density at radius 2 is 1.07 bits per heavy atom. The largest absolute Gasteiger partial charge is 0.481 e. The third kappa shape index (κ3) is 31.6. The van der Waals surface area contributed by atoms with Gasteiger partial charge in [-0.2, -0.15) is 0 Å². The van der Waals surface area contributed by atoms with Crippen LogP contribution in [0.15, 0.2) is 0 Å². The highest BCUT2D eigenvalue weighted by Gasteiger charge is 2.16. The quantitative estimate of drug-likeness (QED) is 0.147. The first-order valence-corrected chi connectivity index (χ1v) is 9.91. The molecule has 0 aromatic heterocycles. The third-order valence-electron chi connectivity index (χ3n) is 3.68. The van der Waals surface area contributed by atoms with Crippen LogP contribution in [0.4, 0.5) is 0 Å². The lowest BCUT2D eigenvalue weighted by molar-refractivity contribution is -0.152. The van der Waals surface area contributed by atoms with Crippen molar-refractivity contribution in [3.05, 3.63) is 0 Å². The first-order chi connectivity index (χ1) is 13.7. The summed E-state index contributed by atoms with van der Waals surface area (Å²) in [6.07, 6.45) is 4.86. The Hall–Kier alpha value is -1.34. The van der Waals surface area contributed by atoms with Crippen LogP contribution in [-0.4, -0.2) is 82.0 Å². The van der Waals surface area contributed by atoms with E-state index in [2.05, 4.69) is 0 Å². The molecule has 11 nitrogen and oxygen atoms in total. The van der Waals surface area contributed by atoms with E-state index in [1.54, 1.807) is 0 Å². The summed E-state index contributed by atoms with van der Waals surface area (Å²) in [5.74, 6) is -2.85. The monoisotopic (exact) mass is 426 g/mol. The molecule has 0 aromatic carbocycles. The van der Waals surface area contributed by atoms with Gasteiger partial charge in [-0.1, -0.05) is 0 Å². The van der Waals surface area contributed by atoms with Gasteiger partial charge in [-0.15, -0.1) is 0 Å². The standard InChI is InChI=1S/2C7H18N2O.C4H6O5/c2*8-5-1-3-7(9)4-2-6-10;5-2(4(8)9)1-3(6)7/h2*7,10H,1-6,8-9H2;2,5H,1H2,(H,6,7)(H,8,9). The zero-order chi connectivity index (χ0) is 23.1. The molecule has 0 amide bonds. The summed E-state index contributed by atoms with van der Waals surface area (Å²) in [4.78, 5) is 19.4. The van der Waals surface area contributed by atoms with Crippen molar-refractivity contribution >= 4 is 11.9 Å². The fourth-order valence-electron chi connectivity index (χ4n) is 2.01. The van der Waals surface area contributed by atoms with Crippen LogP contribution in [0.25, 0.3) is 0 Å². The van der Waals surface area contributed by atoms with Gasteiger partial charge in [0.1, 0.15) is 0 Å². The Morgan fingerprint density at radius 1 is 0.724 bits per heavy atom. The molecule has 0 aliphatic carbocycles. The molecule has 13 N–H and O–H groups in total. The topological polar surface area (TPSA) is 239 Å². The molecule has 3 unspecified atom stereocenters. The van der Waals surface area contributed by atoms with Crippen molar-refractivity contribution in [1.82, 2.24) is 0 Å². The number of rotatable bonds is 15. The smallest absolute Gasteiger partial charge is 0.333 e. The van der Waals surface area contributed by atoms with Gasteiger partial charge in [0.25, 0.3) is 0 Å². The fraction of sp³-hybridized carbons (Fsp3) is 0.889. The van der Waals surface area contributed by atoms with E-state index in [1.165, 1.54) is 0 Å². The minimum absolute atomic E-state index is 0.232. The maximum atomic E-state index is 9.72. The Balaban J connectivity index is -0.000000350. The minimum Gasteiger partial charge on any atom is -0.481 e. The van der Waals surface area contributed by atoms with Crippen LogP contribution in [0.3, 0.4) is 0 Å². The van der Waals surface area contributed by atoms with E-state index < -0.39 is 24.5 Å². The van der Waals surface area contributed by atoms with Gasteiger partial charge in [0.15, 0.2) is 6.10 Å². The second-order valence-electron chi connectivity index (χ2n) is 6.57. The van der Waals surface area contributed by atoms with Gasteiger partial charge in [-0.3, -0.25) is 4.79 Å². The summed E-state index contributed by atoms with van der Waals surface area (Å²) in [5, 5.41) is 41.1. The van der Waals surface area contributed by atoms with Crippen LogP contribution in [0.1, 0.15) is 57.8 Å². The second kappa shape index (κ2) is 24.7. The van der Waals surface area contributed by atoms with Crippen molar-refractivity contribution in [2.24, 2.45) is 22.9 Å². The van der Waals surface area contributed by atoms with Crippen LogP contribution in [0.5, 0.6) is 0 Å². The molecule has 0 aliphatic rings. The summed E-state index contributed by atoms with van der Waals surface area (Å²) in [6.45, 7) is 1.92. The molecule has 0 radical (unpaired) electrons. The number of hydrogen-bond donors (Lipinski definition) is 9. The van der Waals surface area contributed by atoms with Gasteiger partial charge in [0.2, 0.25) is 0 Å². The Kier molecular flexibility index (Phi) is 27.5. The lowest BCUT2D eigenvalue weighted by atomic mass is 10.1. The molecular weight excluding hydrogens is 384 g/mol. The third-order valence-corrected chi connectivity index (χ3v) is 3.68. The fourth-order valence-corrected chi connectivity index (χ4v) is 2.01. The molecule has 176 valence electrons. The number of carboxylic acid groups (broad SMARTS) is 2. The normalized spacial score (nSPS) is 13.2. The van der Waals surface area contributed by atoms with Crippen molar-refractivity contribution in [2.75, 3.05) is 26.3 Å². The molecule has 29 heavy (non-hydrogen) atoms. The number of nitrogens with two attached hydrogens (primary N) is 4. The molecule has 0 bridgehead atoms. The highest BCUT2D eigenvalue weighted by molar-refractivity contribution is 5.79. The highest BCUT2D eigenvalue weighted by atomic mass is 16.4. The molecule has 3 atom stereocenters. The summed E-state index contributed by atoms with van der Waals surface area (Å²) in [7, 11) is 0. The second-order valence-corrected chi connectivity index (χ2v) is 6.57. The van der Waals surface area contributed by atoms with Crippen molar-refractivity contribution in [1.29, 1.82) is 0 Å². The zero-order valence-corrected chi connectivity index (χ0v) is 17.3. The van der Waals surface area contributed by atoms with Crippen LogP contribution >= 0.6 is 0 Å². The van der Waals surface area contributed by atoms with Crippen molar-refractivity contribution in [3.8, 4) is 0 Å². The Labute approximate surface area is 173 Å². The maximum Gasteiger partial charge on any atom is 0.333 e.